The number of thioether (sulfide) groups is 2. The minimum absolute atomic E-state index is 0.578. The van der Waals surface area contributed by atoms with Gasteiger partial charge in [-0.25, -0.2) is 0 Å². The first-order chi connectivity index (χ1) is 14.0. The molecular formula is C22H34O3S4. The summed E-state index contributed by atoms with van der Waals surface area (Å²) in [5.74, 6) is 3.04. The molecule has 1 atom stereocenters. The van der Waals surface area contributed by atoms with Crippen LogP contribution in [0.25, 0.3) is 0 Å². The molecule has 1 unspecified atom stereocenters. The highest BCUT2D eigenvalue weighted by atomic mass is 32.2. The number of ether oxygens (including phenoxy) is 3. The summed E-state index contributed by atoms with van der Waals surface area (Å²) in [5.41, 5.74) is 2.32. The lowest BCUT2D eigenvalue weighted by molar-refractivity contribution is 0.232. The molecule has 164 valence electrons. The molecule has 0 bridgehead atoms. The van der Waals surface area contributed by atoms with E-state index in [0.29, 0.717) is 27.9 Å². The molecule has 0 aromatic heterocycles. The van der Waals surface area contributed by atoms with Gasteiger partial charge in [0.2, 0.25) is 8.77 Å². The van der Waals surface area contributed by atoms with Gasteiger partial charge in [0, 0.05) is 17.1 Å². The van der Waals surface area contributed by atoms with Crippen LogP contribution in [0.1, 0.15) is 64.5 Å². The molecule has 0 amide bonds. The average molecular weight is 475 g/mol. The molecule has 0 aliphatic carbocycles. The number of hydrogen-bond acceptors (Lipinski definition) is 7. The highest BCUT2D eigenvalue weighted by molar-refractivity contribution is 8.22. The number of thiocarbonyl (C=S) groups is 2. The smallest absolute Gasteiger partial charge is 0.220 e. The van der Waals surface area contributed by atoms with E-state index in [4.69, 9.17) is 38.6 Å². The highest BCUT2D eigenvalue weighted by Gasteiger charge is 2.12. The lowest BCUT2D eigenvalue weighted by Gasteiger charge is -2.18. The summed E-state index contributed by atoms with van der Waals surface area (Å²) in [5, 5.41) is 0. The molecule has 1 aromatic carbocycles. The molecule has 0 saturated heterocycles. The first kappa shape index (κ1) is 26.5. The van der Waals surface area contributed by atoms with Gasteiger partial charge in [-0.15, -0.1) is 0 Å². The van der Waals surface area contributed by atoms with Gasteiger partial charge in [-0.3, -0.25) is 0 Å². The standard InChI is InChI=1S/C22H34O3S4/c1-5-9-10-17(6-2)14-25-20-13-18(15-28-21(26)23-7-3)11-12-19(20)16-29-22(27)24-8-4/h11-13,17H,5-10,14-16H2,1-4H3. The van der Waals surface area contributed by atoms with Crippen LogP contribution in [0.15, 0.2) is 18.2 Å². The van der Waals surface area contributed by atoms with Gasteiger partial charge >= 0.3 is 0 Å². The van der Waals surface area contributed by atoms with E-state index >= 15 is 0 Å². The van der Waals surface area contributed by atoms with Crippen molar-refractivity contribution in [1.82, 2.24) is 0 Å². The van der Waals surface area contributed by atoms with Crippen LogP contribution in [0.2, 0.25) is 0 Å². The molecular weight excluding hydrogens is 441 g/mol. The molecule has 0 radical (unpaired) electrons. The van der Waals surface area contributed by atoms with Crippen LogP contribution >= 0.6 is 48.0 Å². The van der Waals surface area contributed by atoms with Crippen LogP contribution in [0.5, 0.6) is 5.75 Å². The number of rotatable bonds is 13. The van der Waals surface area contributed by atoms with Crippen LogP contribution in [0.3, 0.4) is 0 Å². The molecule has 7 heteroatoms. The largest absolute Gasteiger partial charge is 0.493 e. The minimum atomic E-state index is 0.578. The van der Waals surface area contributed by atoms with Gasteiger partial charge in [0.25, 0.3) is 0 Å². The van der Waals surface area contributed by atoms with Crippen molar-refractivity contribution in [1.29, 1.82) is 0 Å². The second-order valence-corrected chi connectivity index (χ2v) is 9.77. The fourth-order valence-electron chi connectivity index (χ4n) is 2.65. The zero-order valence-corrected chi connectivity index (χ0v) is 21.3. The Morgan fingerprint density at radius 3 is 2.21 bits per heavy atom. The fourth-order valence-corrected chi connectivity index (χ4v) is 4.61. The zero-order chi connectivity index (χ0) is 21.5. The van der Waals surface area contributed by atoms with Crippen LogP contribution in [0, 0.1) is 5.92 Å². The van der Waals surface area contributed by atoms with Crippen molar-refractivity contribution in [2.45, 2.75) is 64.9 Å². The second kappa shape index (κ2) is 16.2. The fraction of sp³-hybridized carbons (Fsp3) is 0.636. The van der Waals surface area contributed by atoms with E-state index in [1.807, 2.05) is 13.8 Å². The number of hydrogen-bond donors (Lipinski definition) is 0. The molecule has 0 saturated carbocycles. The van der Waals surface area contributed by atoms with E-state index in [2.05, 4.69) is 32.0 Å². The molecule has 0 heterocycles. The lowest BCUT2D eigenvalue weighted by Crippen LogP contribution is -2.12. The molecule has 0 spiro atoms. The van der Waals surface area contributed by atoms with Crippen LogP contribution < -0.4 is 4.74 Å². The van der Waals surface area contributed by atoms with Crippen molar-refractivity contribution in [3.8, 4) is 5.75 Å². The van der Waals surface area contributed by atoms with E-state index in [1.54, 1.807) is 11.8 Å². The summed E-state index contributed by atoms with van der Waals surface area (Å²) in [6.07, 6.45) is 4.82. The summed E-state index contributed by atoms with van der Waals surface area (Å²) in [6, 6.07) is 6.39. The first-order valence-electron chi connectivity index (χ1n) is 10.4. The number of benzene rings is 1. The third-order valence-corrected chi connectivity index (χ3v) is 6.96. The Labute approximate surface area is 196 Å². The molecule has 0 aliphatic heterocycles. The van der Waals surface area contributed by atoms with E-state index < -0.39 is 0 Å². The summed E-state index contributed by atoms with van der Waals surface area (Å²) in [7, 11) is 0. The average Bonchev–Trinajstić information content (AvgIpc) is 2.72. The van der Waals surface area contributed by atoms with E-state index in [0.717, 1.165) is 35.8 Å². The van der Waals surface area contributed by atoms with Gasteiger partial charge in [-0.05, 0) is 62.3 Å². The molecule has 0 aliphatic rings. The Hall–Kier alpha value is -0.500. The van der Waals surface area contributed by atoms with Gasteiger partial charge in [0.1, 0.15) is 5.75 Å². The third kappa shape index (κ3) is 11.5. The van der Waals surface area contributed by atoms with Crippen molar-refractivity contribution >= 4 is 56.7 Å². The van der Waals surface area contributed by atoms with Gasteiger partial charge < -0.3 is 14.2 Å². The predicted octanol–water partition coefficient (Wildman–Crippen LogP) is 7.39. The maximum absolute atomic E-state index is 6.30. The summed E-state index contributed by atoms with van der Waals surface area (Å²) >= 11 is 13.6. The van der Waals surface area contributed by atoms with Crippen molar-refractivity contribution < 1.29 is 14.2 Å². The van der Waals surface area contributed by atoms with Gasteiger partial charge in [0.15, 0.2) is 0 Å². The molecule has 3 nitrogen and oxygen atoms in total. The maximum Gasteiger partial charge on any atom is 0.220 e. The Bertz CT molecular complexity index is 622. The molecule has 1 aromatic rings. The zero-order valence-electron chi connectivity index (χ0n) is 18.0. The Morgan fingerprint density at radius 2 is 1.62 bits per heavy atom. The topological polar surface area (TPSA) is 27.7 Å². The van der Waals surface area contributed by atoms with E-state index in [-0.39, 0.29) is 0 Å². The predicted molar refractivity (Wildman–Crippen MR) is 136 cm³/mol. The maximum atomic E-state index is 6.30. The first-order valence-corrected chi connectivity index (χ1v) is 13.2. The second-order valence-electron chi connectivity index (χ2n) is 6.61. The van der Waals surface area contributed by atoms with Gasteiger partial charge in [-0.2, -0.15) is 0 Å². The normalized spacial score (nSPS) is 11.7. The quantitative estimate of drug-likeness (QED) is 0.275. The van der Waals surface area contributed by atoms with Gasteiger partial charge in [-0.1, -0.05) is 68.8 Å². The van der Waals surface area contributed by atoms with Crippen LogP contribution in [-0.4, -0.2) is 28.6 Å². The molecule has 0 fully saturated rings. The SMILES string of the molecule is CCCCC(CC)COc1cc(CSC(=S)OCC)ccc1CSC(=S)OCC. The monoisotopic (exact) mass is 474 g/mol. The van der Waals surface area contributed by atoms with Crippen molar-refractivity contribution in [3.05, 3.63) is 29.3 Å². The molecule has 1 rings (SSSR count). The third-order valence-electron chi connectivity index (χ3n) is 4.38. The van der Waals surface area contributed by atoms with Crippen molar-refractivity contribution in [2.24, 2.45) is 5.92 Å². The van der Waals surface area contributed by atoms with Crippen molar-refractivity contribution in [2.75, 3.05) is 19.8 Å². The minimum Gasteiger partial charge on any atom is -0.493 e. The molecule has 0 N–H and O–H groups in total. The lowest BCUT2D eigenvalue weighted by atomic mass is 10.0. The summed E-state index contributed by atoms with van der Waals surface area (Å²) < 4.78 is 18.2. The van der Waals surface area contributed by atoms with Crippen LogP contribution in [0.4, 0.5) is 0 Å². The van der Waals surface area contributed by atoms with E-state index in [1.165, 1.54) is 36.6 Å². The number of unbranched alkanes of at least 4 members (excludes halogenated alkanes) is 1. The van der Waals surface area contributed by atoms with Gasteiger partial charge in [0.05, 0.1) is 19.8 Å². The van der Waals surface area contributed by atoms with Crippen LogP contribution in [-0.2, 0) is 21.0 Å². The Morgan fingerprint density at radius 1 is 0.966 bits per heavy atom. The summed E-state index contributed by atoms with van der Waals surface area (Å²) in [4.78, 5) is 0. The highest BCUT2D eigenvalue weighted by Crippen LogP contribution is 2.29. The van der Waals surface area contributed by atoms with E-state index in [9.17, 15) is 0 Å². The van der Waals surface area contributed by atoms with Crippen molar-refractivity contribution in [3.63, 3.8) is 0 Å². The Balaban J connectivity index is 2.83. The Kier molecular flexibility index (Phi) is 14.8. The summed E-state index contributed by atoms with van der Waals surface area (Å²) in [6.45, 7) is 10.3. The molecule has 29 heavy (non-hydrogen) atoms.